The number of benzene rings is 6. The van der Waals surface area contributed by atoms with Gasteiger partial charge in [-0.25, -0.2) is 4.63 Å². The fourth-order valence-corrected chi connectivity index (χ4v) is 5.73. The summed E-state index contributed by atoms with van der Waals surface area (Å²) in [7, 11) is 0. The molecule has 0 fully saturated rings. The molecule has 0 saturated carbocycles. The standard InChI is InChI=1S/C9H7N.2C8H6N2.C7H6N2.C6H4N2O.C6H4N2S.6C2H6/c1-2-6-9-8(4-1)5-3-7-10-9;2*1-2-4-8-7(3-1)9-5-6-10-8;1-2-4-7-6(3-1)8-5-9-7;2*1-2-4-6-5(3-1)7-9-8-6;6*1-2/h1-7H;2*1-6H;1-4H,5H2;2*1-4H;6*1-2H3. The molecule has 1 aliphatic rings. The number of para-hydroxylation sites is 7. The third-order valence-corrected chi connectivity index (χ3v) is 8.50. The molecule has 12 rings (SSSR count). The topological polar surface area (TPSA) is 154 Å². The van der Waals surface area contributed by atoms with Gasteiger partial charge in [-0.2, -0.15) is 8.75 Å². The van der Waals surface area contributed by atoms with Crippen LogP contribution in [0.2, 0.25) is 0 Å². The van der Waals surface area contributed by atoms with Gasteiger partial charge < -0.3 is 0 Å². The van der Waals surface area contributed by atoms with Gasteiger partial charge in [0.1, 0.15) is 28.7 Å². The number of hydrogen-bond acceptors (Lipinski definition) is 13. The number of aromatic nitrogens is 9. The SMILES string of the molecule is CC.CC.CC.CC.CC.CC.c1ccc2c(c1)=NCN=2.c1ccc2ncccc2c1.c1ccc2nccnc2c1.c1ccc2nccnc2c1.c1ccc2nonc2c1.c1ccc2nsnc2c1. The maximum Gasteiger partial charge on any atom is 0.135 e. The first-order valence-electron chi connectivity index (χ1n) is 23.7. The van der Waals surface area contributed by atoms with Crippen LogP contribution >= 0.6 is 11.7 Å². The predicted octanol–water partition coefficient (Wildman–Crippen LogP) is 14.5. The molecule has 0 aliphatic carbocycles. The molecule has 0 N–H and O–H groups in total. The van der Waals surface area contributed by atoms with Crippen LogP contribution in [0.15, 0.2) is 203 Å². The van der Waals surface area contributed by atoms with Gasteiger partial charge in [0, 0.05) is 36.4 Å². The Balaban J connectivity index is 0.000000396. The molecule has 0 bridgehead atoms. The van der Waals surface area contributed by atoms with Crippen molar-refractivity contribution < 1.29 is 4.63 Å². The van der Waals surface area contributed by atoms with Crippen LogP contribution in [0.5, 0.6) is 0 Å². The maximum atomic E-state index is 4.46. The number of hydrogen-bond donors (Lipinski definition) is 0. The zero-order chi connectivity index (χ0) is 50.7. The van der Waals surface area contributed by atoms with Crippen LogP contribution in [0, 0.1) is 0 Å². The first kappa shape index (κ1) is 59.2. The third-order valence-electron chi connectivity index (χ3n) is 7.95. The van der Waals surface area contributed by atoms with Crippen LogP contribution < -0.4 is 10.7 Å². The van der Waals surface area contributed by atoms with Crippen molar-refractivity contribution in [3.8, 4) is 0 Å². The zero-order valence-electron chi connectivity index (χ0n) is 42.3. The van der Waals surface area contributed by atoms with Crippen molar-refractivity contribution >= 4 is 66.8 Å². The average Bonchev–Trinajstić information content (AvgIpc) is 4.28. The lowest BCUT2D eigenvalue weighted by molar-refractivity contribution is 0.315. The monoisotopic (exact) mass is 944 g/mol. The van der Waals surface area contributed by atoms with Crippen LogP contribution in [0.25, 0.3) is 55.0 Å². The highest BCUT2D eigenvalue weighted by Gasteiger charge is 1.95. The lowest BCUT2D eigenvalue weighted by Gasteiger charge is -1.91. The van der Waals surface area contributed by atoms with Gasteiger partial charge in [-0.05, 0) is 83.1 Å². The number of rotatable bonds is 0. The van der Waals surface area contributed by atoms with Crippen molar-refractivity contribution in [2.75, 3.05) is 6.67 Å². The zero-order valence-corrected chi connectivity index (χ0v) is 43.2. The minimum atomic E-state index is 0.610. The molecule has 69 heavy (non-hydrogen) atoms. The summed E-state index contributed by atoms with van der Waals surface area (Å²) in [5, 5.41) is 10.5. The Hall–Kier alpha value is -7.77. The number of nitrogens with zero attached hydrogens (tertiary/aromatic N) is 11. The summed E-state index contributed by atoms with van der Waals surface area (Å²) in [5.41, 5.74) is 8.44. The van der Waals surface area contributed by atoms with E-state index in [1.807, 2.05) is 235 Å². The quantitative estimate of drug-likeness (QED) is 0.143. The molecule has 0 unspecified atom stereocenters. The molecule has 0 spiro atoms. The second-order valence-electron chi connectivity index (χ2n) is 11.7. The second-order valence-corrected chi connectivity index (χ2v) is 12.3. The highest BCUT2D eigenvalue weighted by atomic mass is 32.1. The van der Waals surface area contributed by atoms with Gasteiger partial charge in [0.2, 0.25) is 0 Å². The van der Waals surface area contributed by atoms with E-state index in [0.29, 0.717) is 6.67 Å². The molecule has 11 aromatic rings. The molecule has 13 heteroatoms. The van der Waals surface area contributed by atoms with Gasteiger partial charge in [-0.15, -0.1) is 0 Å². The molecular formula is C56H69N11OS. The van der Waals surface area contributed by atoms with Crippen molar-refractivity contribution in [3.63, 3.8) is 0 Å². The lowest BCUT2D eigenvalue weighted by Crippen LogP contribution is -2.19. The average molecular weight is 944 g/mol. The van der Waals surface area contributed by atoms with Crippen molar-refractivity contribution in [2.45, 2.75) is 83.1 Å². The molecule has 1 aliphatic heterocycles. The number of pyridine rings is 1. The minimum absolute atomic E-state index is 0.610. The molecular weight excluding hydrogens is 875 g/mol. The summed E-state index contributed by atoms with van der Waals surface area (Å²) in [4.78, 5) is 28.9. The van der Waals surface area contributed by atoms with E-state index in [4.69, 9.17) is 0 Å². The fourth-order valence-electron chi connectivity index (χ4n) is 5.21. The van der Waals surface area contributed by atoms with E-state index in [1.54, 1.807) is 24.8 Å². The van der Waals surface area contributed by atoms with Crippen molar-refractivity contribution in [2.24, 2.45) is 9.98 Å². The Labute approximate surface area is 412 Å². The molecule has 6 heterocycles. The largest absolute Gasteiger partial charge is 0.260 e. The summed E-state index contributed by atoms with van der Waals surface area (Å²) in [6.45, 7) is 24.6. The fraction of sp³-hybridized carbons (Fsp3) is 0.232. The molecule has 0 atom stereocenters. The van der Waals surface area contributed by atoms with E-state index in [1.165, 1.54) is 17.1 Å². The summed E-state index contributed by atoms with van der Waals surface area (Å²) in [5.74, 6) is 0. The van der Waals surface area contributed by atoms with Crippen molar-refractivity contribution in [1.82, 2.24) is 44.0 Å². The van der Waals surface area contributed by atoms with Crippen LogP contribution in [0.4, 0.5) is 0 Å². The van der Waals surface area contributed by atoms with Gasteiger partial charge in [-0.3, -0.25) is 34.9 Å². The molecule has 0 amide bonds. The van der Waals surface area contributed by atoms with Crippen LogP contribution in [0.3, 0.4) is 0 Å². The van der Waals surface area contributed by atoms with Crippen LogP contribution in [0.1, 0.15) is 83.1 Å². The first-order chi connectivity index (χ1) is 34.3. The Morgan fingerprint density at radius 2 is 0.594 bits per heavy atom. The normalized spacial score (nSPS) is 9.33. The van der Waals surface area contributed by atoms with Crippen molar-refractivity contribution in [1.29, 1.82) is 0 Å². The maximum absolute atomic E-state index is 4.46. The van der Waals surface area contributed by atoms with E-state index in [-0.39, 0.29) is 0 Å². The highest BCUT2D eigenvalue weighted by molar-refractivity contribution is 7.00. The van der Waals surface area contributed by atoms with E-state index >= 15 is 0 Å². The van der Waals surface area contributed by atoms with E-state index in [9.17, 15) is 0 Å². The van der Waals surface area contributed by atoms with Crippen LogP contribution in [-0.4, -0.2) is 50.6 Å². The smallest absolute Gasteiger partial charge is 0.135 e. The predicted molar refractivity (Wildman–Crippen MR) is 292 cm³/mol. The van der Waals surface area contributed by atoms with E-state index < -0.39 is 0 Å². The third kappa shape index (κ3) is 21.6. The molecule has 360 valence electrons. The summed E-state index contributed by atoms with van der Waals surface area (Å²) >= 11 is 1.25. The highest BCUT2D eigenvalue weighted by Crippen LogP contribution is 2.10. The molecule has 0 saturated heterocycles. The van der Waals surface area contributed by atoms with Gasteiger partial charge in [-0.1, -0.05) is 168 Å². The number of fused-ring (bicyclic) bond motifs is 6. The Kier molecular flexibility index (Phi) is 33.8. The second kappa shape index (κ2) is 39.4. The Morgan fingerprint density at radius 1 is 0.304 bits per heavy atom. The lowest BCUT2D eigenvalue weighted by atomic mass is 10.2. The van der Waals surface area contributed by atoms with Gasteiger partial charge in [0.15, 0.2) is 0 Å². The molecule has 12 nitrogen and oxygen atoms in total. The van der Waals surface area contributed by atoms with Gasteiger partial charge in [0.05, 0.1) is 50.0 Å². The first-order valence-corrected chi connectivity index (χ1v) is 24.4. The minimum Gasteiger partial charge on any atom is -0.260 e. The van der Waals surface area contributed by atoms with Crippen molar-refractivity contribution in [3.05, 3.63) is 199 Å². The van der Waals surface area contributed by atoms with E-state index in [0.717, 1.165) is 60.4 Å². The summed E-state index contributed by atoms with van der Waals surface area (Å²) in [6.07, 6.45) is 8.59. The Bertz CT molecular complexity index is 2540. The molecule has 0 radical (unpaired) electrons. The van der Waals surface area contributed by atoms with Gasteiger partial charge in [0.25, 0.3) is 0 Å². The summed E-state index contributed by atoms with van der Waals surface area (Å²) in [6, 6.07) is 50.9. The molecule has 5 aromatic heterocycles. The van der Waals surface area contributed by atoms with Gasteiger partial charge >= 0.3 is 0 Å². The molecule has 6 aromatic carbocycles. The Morgan fingerprint density at radius 3 is 0.971 bits per heavy atom. The summed E-state index contributed by atoms with van der Waals surface area (Å²) < 4.78 is 12.6. The van der Waals surface area contributed by atoms with Crippen LogP contribution in [-0.2, 0) is 0 Å². The van der Waals surface area contributed by atoms with E-state index in [2.05, 4.69) is 70.7 Å².